The Morgan fingerprint density at radius 1 is 1.13 bits per heavy atom. The molecule has 3 aliphatic rings. The van der Waals surface area contributed by atoms with E-state index in [-0.39, 0.29) is 0 Å². The van der Waals surface area contributed by atoms with Gasteiger partial charge in [-0.3, -0.25) is 0 Å². The molecule has 1 aliphatic heterocycles. The Bertz CT molecular complexity index is 293. The molecule has 0 aromatic heterocycles. The van der Waals surface area contributed by atoms with Gasteiger partial charge in [0.2, 0.25) is 0 Å². The molecular weight excluding hydrogens is 196 g/mol. The maximum atomic E-state index is 2.53. The topological polar surface area (TPSA) is 0 Å². The summed E-state index contributed by atoms with van der Waals surface area (Å²) in [6.45, 7) is 2.47. The lowest BCUT2D eigenvalue weighted by molar-refractivity contribution is 0.535. The minimum absolute atomic E-state index is 0.777. The van der Waals surface area contributed by atoms with Crippen molar-refractivity contribution in [1.29, 1.82) is 0 Å². The summed E-state index contributed by atoms with van der Waals surface area (Å²) in [5.41, 5.74) is 1.14. The van der Waals surface area contributed by atoms with Crippen LogP contribution in [0.25, 0.3) is 0 Å². The predicted octanol–water partition coefficient (Wildman–Crippen LogP) is 4.38. The monoisotopic (exact) mass is 218 g/mol. The number of rotatable bonds is 2. The zero-order chi connectivity index (χ0) is 10.3. The van der Waals surface area contributed by atoms with Gasteiger partial charge >= 0.3 is 0 Å². The maximum absolute atomic E-state index is 2.53. The molecule has 0 aromatic rings. The highest BCUT2D eigenvalue weighted by atomic mass is 28.3. The van der Waals surface area contributed by atoms with E-state index in [1.807, 2.05) is 0 Å². The Kier molecular flexibility index (Phi) is 2.39. The lowest BCUT2D eigenvalue weighted by atomic mass is 9.92. The highest BCUT2D eigenvalue weighted by molar-refractivity contribution is 6.83. The second-order valence-corrected chi connectivity index (χ2v) is 10.9. The molecule has 3 unspecified atom stereocenters. The van der Waals surface area contributed by atoms with Gasteiger partial charge in [0.1, 0.15) is 0 Å². The van der Waals surface area contributed by atoms with E-state index in [0.717, 1.165) is 17.4 Å². The van der Waals surface area contributed by atoms with Crippen molar-refractivity contribution in [3.05, 3.63) is 24.3 Å². The van der Waals surface area contributed by atoms with E-state index in [4.69, 9.17) is 0 Å². The molecule has 3 atom stereocenters. The molecule has 0 aromatic carbocycles. The largest absolute Gasteiger partial charge is 0.0808 e. The van der Waals surface area contributed by atoms with Gasteiger partial charge in [-0.1, -0.05) is 62.2 Å². The third-order valence-corrected chi connectivity index (χ3v) is 11.8. The molecule has 2 fully saturated rings. The quantitative estimate of drug-likeness (QED) is 0.603. The first-order valence-electron chi connectivity index (χ1n) is 6.71. The lowest BCUT2D eigenvalue weighted by Gasteiger charge is -2.47. The Labute approximate surface area is 94.5 Å². The fourth-order valence-electron chi connectivity index (χ4n) is 4.29. The third kappa shape index (κ3) is 1.39. The zero-order valence-corrected chi connectivity index (χ0v) is 10.8. The Morgan fingerprint density at radius 2 is 1.93 bits per heavy atom. The first-order chi connectivity index (χ1) is 7.36. The first-order valence-corrected chi connectivity index (χ1v) is 9.40. The van der Waals surface area contributed by atoms with Gasteiger partial charge in [-0.05, 0) is 23.8 Å². The average molecular weight is 218 g/mol. The van der Waals surface area contributed by atoms with Gasteiger partial charge in [0.25, 0.3) is 0 Å². The van der Waals surface area contributed by atoms with Gasteiger partial charge in [0.15, 0.2) is 0 Å². The molecule has 3 rings (SSSR count). The van der Waals surface area contributed by atoms with Gasteiger partial charge in [0, 0.05) is 0 Å². The van der Waals surface area contributed by atoms with E-state index in [1.165, 1.54) is 6.42 Å². The summed E-state index contributed by atoms with van der Waals surface area (Å²) < 4.78 is 0. The minimum atomic E-state index is -0.777. The van der Waals surface area contributed by atoms with Gasteiger partial charge in [-0.15, -0.1) is 0 Å². The predicted molar refractivity (Wildman–Crippen MR) is 68.7 cm³/mol. The second-order valence-electron chi connectivity index (χ2n) is 5.76. The van der Waals surface area contributed by atoms with Crippen molar-refractivity contribution in [3.63, 3.8) is 0 Å². The van der Waals surface area contributed by atoms with Crippen molar-refractivity contribution < 1.29 is 0 Å². The molecule has 0 bridgehead atoms. The maximum Gasteiger partial charge on any atom is 0.0570 e. The van der Waals surface area contributed by atoms with Crippen LogP contribution < -0.4 is 0 Å². The Hall–Kier alpha value is -0.303. The van der Waals surface area contributed by atoms with Crippen molar-refractivity contribution >= 4 is 8.07 Å². The van der Waals surface area contributed by atoms with Crippen LogP contribution in [0.15, 0.2) is 24.3 Å². The van der Waals surface area contributed by atoms with Gasteiger partial charge in [0.05, 0.1) is 8.07 Å². The van der Waals surface area contributed by atoms with Crippen molar-refractivity contribution in [2.45, 2.75) is 49.9 Å². The minimum Gasteiger partial charge on any atom is -0.0808 e. The fourth-order valence-corrected chi connectivity index (χ4v) is 9.48. The van der Waals surface area contributed by atoms with Crippen molar-refractivity contribution in [2.75, 3.05) is 0 Å². The summed E-state index contributed by atoms with van der Waals surface area (Å²) in [4.78, 5) is 0. The standard InChI is InChI=1S/C14H22Si/c1-2-15(10-5-11-15)14-9-8-12-6-3-4-7-13(12)14/h3-4,6-7,12-14H,2,5,8-11H2,1H3. The highest BCUT2D eigenvalue weighted by Gasteiger charge is 2.50. The van der Waals surface area contributed by atoms with Crippen molar-refractivity contribution in [2.24, 2.45) is 11.8 Å². The highest BCUT2D eigenvalue weighted by Crippen LogP contribution is 2.56. The number of hydrogen-bond acceptors (Lipinski definition) is 0. The van der Waals surface area contributed by atoms with E-state index in [0.29, 0.717) is 0 Å². The molecule has 0 radical (unpaired) electrons. The molecule has 82 valence electrons. The van der Waals surface area contributed by atoms with Crippen LogP contribution in [-0.2, 0) is 0 Å². The van der Waals surface area contributed by atoms with Gasteiger partial charge in [-0.25, -0.2) is 0 Å². The van der Waals surface area contributed by atoms with Crippen molar-refractivity contribution in [1.82, 2.24) is 0 Å². The van der Waals surface area contributed by atoms with Gasteiger partial charge < -0.3 is 0 Å². The molecule has 0 N–H and O–H groups in total. The summed E-state index contributed by atoms with van der Waals surface area (Å²) in [6, 6.07) is 4.85. The Morgan fingerprint density at radius 3 is 2.60 bits per heavy atom. The molecule has 0 amide bonds. The third-order valence-electron chi connectivity index (χ3n) is 5.41. The van der Waals surface area contributed by atoms with Crippen LogP contribution in [0.2, 0.25) is 23.7 Å². The average Bonchev–Trinajstić information content (AvgIpc) is 2.62. The molecule has 2 aliphatic carbocycles. The van der Waals surface area contributed by atoms with E-state index in [1.54, 1.807) is 31.0 Å². The molecule has 1 heteroatoms. The summed E-state index contributed by atoms with van der Waals surface area (Å²) >= 11 is 0. The molecule has 15 heavy (non-hydrogen) atoms. The molecule has 1 heterocycles. The fraction of sp³-hybridized carbons (Fsp3) is 0.714. The summed E-state index contributed by atoms with van der Waals surface area (Å²) in [7, 11) is -0.777. The lowest BCUT2D eigenvalue weighted by Crippen LogP contribution is -2.47. The summed E-state index contributed by atoms with van der Waals surface area (Å²) in [5.74, 6) is 1.86. The van der Waals surface area contributed by atoms with Gasteiger partial charge in [-0.2, -0.15) is 0 Å². The number of allylic oxidation sites excluding steroid dienone is 4. The molecule has 1 saturated heterocycles. The molecule has 0 spiro atoms. The summed E-state index contributed by atoms with van der Waals surface area (Å²) in [6.07, 6.45) is 14.1. The van der Waals surface area contributed by atoms with E-state index in [2.05, 4.69) is 31.2 Å². The SMILES string of the molecule is CC[Si]1(C2CCC3C=CC=CC32)CCC1. The van der Waals surface area contributed by atoms with Crippen LogP contribution in [0.3, 0.4) is 0 Å². The Balaban J connectivity index is 1.82. The van der Waals surface area contributed by atoms with Crippen LogP contribution in [0.4, 0.5) is 0 Å². The normalized spacial score (nSPS) is 41.3. The van der Waals surface area contributed by atoms with Crippen LogP contribution in [0.1, 0.15) is 26.2 Å². The molecule has 0 nitrogen and oxygen atoms in total. The van der Waals surface area contributed by atoms with Crippen LogP contribution in [0.5, 0.6) is 0 Å². The number of hydrogen-bond donors (Lipinski definition) is 0. The second kappa shape index (κ2) is 3.62. The number of fused-ring (bicyclic) bond motifs is 1. The van der Waals surface area contributed by atoms with Crippen LogP contribution >= 0.6 is 0 Å². The molecular formula is C14H22Si. The van der Waals surface area contributed by atoms with Crippen LogP contribution in [-0.4, -0.2) is 8.07 Å². The van der Waals surface area contributed by atoms with E-state index in [9.17, 15) is 0 Å². The van der Waals surface area contributed by atoms with Crippen molar-refractivity contribution in [3.8, 4) is 0 Å². The van der Waals surface area contributed by atoms with E-state index < -0.39 is 8.07 Å². The van der Waals surface area contributed by atoms with Crippen LogP contribution in [0, 0.1) is 11.8 Å². The zero-order valence-electron chi connectivity index (χ0n) is 9.78. The first kappa shape index (κ1) is 9.89. The smallest absolute Gasteiger partial charge is 0.0570 e. The molecule has 1 saturated carbocycles. The summed E-state index contributed by atoms with van der Waals surface area (Å²) in [5, 5.41) is 0. The van der Waals surface area contributed by atoms with E-state index >= 15 is 0 Å².